The van der Waals surface area contributed by atoms with Crippen LogP contribution in [-0.2, 0) is 0 Å². The van der Waals surface area contributed by atoms with Crippen LogP contribution < -0.4 is 5.73 Å². The zero-order valence-electron chi connectivity index (χ0n) is 19.7. The predicted octanol–water partition coefficient (Wildman–Crippen LogP) is 5.70. The molecule has 0 saturated carbocycles. The van der Waals surface area contributed by atoms with Crippen molar-refractivity contribution in [2.75, 3.05) is 26.2 Å². The van der Waals surface area contributed by atoms with Gasteiger partial charge >= 0.3 is 0 Å². The first-order valence-electron chi connectivity index (χ1n) is 12.1. The fourth-order valence-corrected chi connectivity index (χ4v) is 4.73. The number of benzene rings is 2. The molecule has 3 unspecified atom stereocenters. The van der Waals surface area contributed by atoms with Crippen molar-refractivity contribution < 1.29 is 5.11 Å². The summed E-state index contributed by atoms with van der Waals surface area (Å²) in [6, 6.07) is 20.8. The maximum absolute atomic E-state index is 11.1. The molecular weight excluding hydrogens is 392 g/mol. The van der Waals surface area contributed by atoms with Crippen molar-refractivity contribution in [1.82, 2.24) is 4.90 Å². The molecule has 1 aliphatic rings. The van der Waals surface area contributed by atoms with E-state index in [1.165, 1.54) is 11.1 Å². The zero-order chi connectivity index (χ0) is 22.8. The molecule has 3 heteroatoms. The van der Waals surface area contributed by atoms with E-state index < -0.39 is 6.10 Å². The second kappa shape index (κ2) is 12.7. The highest BCUT2D eigenvalue weighted by molar-refractivity contribution is 5.26. The molecule has 0 heterocycles. The van der Waals surface area contributed by atoms with Crippen LogP contribution in [0.4, 0.5) is 0 Å². The third kappa shape index (κ3) is 7.44. The number of hydrogen-bond donors (Lipinski definition) is 2. The summed E-state index contributed by atoms with van der Waals surface area (Å²) in [6.07, 6.45) is 9.66. The smallest absolute Gasteiger partial charge is 0.0916 e. The average Bonchev–Trinajstić information content (AvgIpc) is 2.83. The van der Waals surface area contributed by atoms with Crippen molar-refractivity contribution in [3.05, 3.63) is 95.6 Å². The molecule has 0 bridgehead atoms. The van der Waals surface area contributed by atoms with Crippen LogP contribution in [0, 0.1) is 11.8 Å². The highest BCUT2D eigenvalue weighted by Crippen LogP contribution is 2.28. The molecule has 0 fully saturated rings. The number of aliphatic hydroxyl groups is 1. The van der Waals surface area contributed by atoms with Crippen molar-refractivity contribution in [1.29, 1.82) is 0 Å². The summed E-state index contributed by atoms with van der Waals surface area (Å²) in [6.45, 7) is 7.59. The first kappa shape index (κ1) is 24.4. The molecule has 0 aliphatic heterocycles. The quantitative estimate of drug-likeness (QED) is 0.452. The number of aliphatic hydroxyl groups excluding tert-OH is 1. The molecule has 0 saturated heterocycles. The van der Waals surface area contributed by atoms with Crippen LogP contribution in [-0.4, -0.2) is 36.2 Å². The molecule has 2 aromatic carbocycles. The molecule has 0 aromatic heterocycles. The van der Waals surface area contributed by atoms with Gasteiger partial charge in [-0.2, -0.15) is 0 Å². The van der Waals surface area contributed by atoms with Gasteiger partial charge in [0.1, 0.15) is 0 Å². The van der Waals surface area contributed by atoms with E-state index in [0.29, 0.717) is 24.9 Å². The maximum atomic E-state index is 11.1. The Morgan fingerprint density at radius 3 is 2.03 bits per heavy atom. The second-order valence-electron chi connectivity index (χ2n) is 9.50. The van der Waals surface area contributed by atoms with Gasteiger partial charge in [0.2, 0.25) is 0 Å². The topological polar surface area (TPSA) is 49.5 Å². The van der Waals surface area contributed by atoms with Gasteiger partial charge in [-0.05, 0) is 47.8 Å². The van der Waals surface area contributed by atoms with Crippen LogP contribution in [0.15, 0.2) is 84.5 Å². The summed E-state index contributed by atoms with van der Waals surface area (Å²) in [5.74, 6) is 1.31. The van der Waals surface area contributed by atoms with Crippen molar-refractivity contribution in [3.63, 3.8) is 0 Å². The van der Waals surface area contributed by atoms with Gasteiger partial charge in [-0.15, -0.1) is 0 Å². The van der Waals surface area contributed by atoms with Gasteiger partial charge in [0.05, 0.1) is 6.10 Å². The Hall–Kier alpha value is -2.20. The highest BCUT2D eigenvalue weighted by Gasteiger charge is 2.24. The second-order valence-corrected chi connectivity index (χ2v) is 9.50. The molecule has 1 aliphatic carbocycles. The molecular formula is C29H40N2O. The minimum Gasteiger partial charge on any atom is -0.387 e. The number of hydrogen-bond acceptors (Lipinski definition) is 3. The Kier molecular flexibility index (Phi) is 9.73. The molecule has 0 amide bonds. The van der Waals surface area contributed by atoms with Crippen molar-refractivity contribution in [2.24, 2.45) is 17.6 Å². The van der Waals surface area contributed by atoms with Crippen molar-refractivity contribution in [3.8, 4) is 0 Å². The Labute approximate surface area is 194 Å². The predicted molar refractivity (Wildman–Crippen MR) is 135 cm³/mol. The molecule has 0 spiro atoms. The summed E-state index contributed by atoms with van der Waals surface area (Å²) < 4.78 is 0. The van der Waals surface area contributed by atoms with Crippen LogP contribution >= 0.6 is 0 Å². The van der Waals surface area contributed by atoms with Gasteiger partial charge in [0, 0.05) is 32.1 Å². The maximum Gasteiger partial charge on any atom is 0.0916 e. The zero-order valence-corrected chi connectivity index (χ0v) is 19.7. The van der Waals surface area contributed by atoms with Crippen molar-refractivity contribution >= 4 is 0 Å². The van der Waals surface area contributed by atoms with E-state index in [9.17, 15) is 5.11 Å². The summed E-state index contributed by atoms with van der Waals surface area (Å²) in [5.41, 5.74) is 9.95. The SMILES string of the molecule is CC(C)CC(CN(CC(CN)C1=CCCC=C1)CC(O)c1ccccc1)c1ccccc1. The number of nitrogens with zero attached hydrogens (tertiary/aromatic N) is 1. The molecule has 3 rings (SSSR count). The first-order chi connectivity index (χ1) is 15.6. The standard InChI is InChI=1S/C29H40N2O/c1-23(2)18-27(24-12-6-3-7-13-24)20-31(22-29(32)26-16-10-5-11-17-26)21-28(19-30)25-14-8-4-9-15-25/h3,5-8,10-17,23,27-29,32H,4,9,18-22,30H2,1-2H3. The van der Waals surface area contributed by atoms with Gasteiger partial charge in [-0.25, -0.2) is 0 Å². The summed E-state index contributed by atoms with van der Waals surface area (Å²) in [4.78, 5) is 2.44. The molecule has 32 heavy (non-hydrogen) atoms. The summed E-state index contributed by atoms with van der Waals surface area (Å²) in [5, 5.41) is 11.1. The molecule has 2 aromatic rings. The normalized spacial score (nSPS) is 16.8. The van der Waals surface area contributed by atoms with E-state index in [-0.39, 0.29) is 5.92 Å². The monoisotopic (exact) mass is 432 g/mol. The van der Waals surface area contributed by atoms with Crippen LogP contribution in [0.1, 0.15) is 56.3 Å². The largest absolute Gasteiger partial charge is 0.387 e. The van der Waals surface area contributed by atoms with Crippen molar-refractivity contribution in [2.45, 2.75) is 45.1 Å². The fraction of sp³-hybridized carbons (Fsp3) is 0.448. The minimum atomic E-state index is -0.513. The van der Waals surface area contributed by atoms with Crippen LogP contribution in [0.3, 0.4) is 0 Å². The lowest BCUT2D eigenvalue weighted by molar-refractivity contribution is 0.101. The lowest BCUT2D eigenvalue weighted by atomic mass is 9.88. The number of nitrogens with two attached hydrogens (primary N) is 1. The van der Waals surface area contributed by atoms with Crippen LogP contribution in [0.2, 0.25) is 0 Å². The van der Waals surface area contributed by atoms with Gasteiger partial charge in [0.25, 0.3) is 0 Å². The van der Waals surface area contributed by atoms with E-state index in [1.54, 1.807) is 0 Å². The van der Waals surface area contributed by atoms with E-state index in [2.05, 4.69) is 67.3 Å². The molecule has 3 atom stereocenters. The van der Waals surface area contributed by atoms with Crippen LogP contribution in [0.25, 0.3) is 0 Å². The Morgan fingerprint density at radius 2 is 1.47 bits per heavy atom. The summed E-state index contributed by atoms with van der Waals surface area (Å²) >= 11 is 0. The third-order valence-corrected chi connectivity index (χ3v) is 6.38. The summed E-state index contributed by atoms with van der Waals surface area (Å²) in [7, 11) is 0. The fourth-order valence-electron chi connectivity index (χ4n) is 4.73. The minimum absolute atomic E-state index is 0.282. The Morgan fingerprint density at radius 1 is 0.844 bits per heavy atom. The molecule has 172 valence electrons. The number of rotatable bonds is 12. The third-order valence-electron chi connectivity index (χ3n) is 6.38. The van der Waals surface area contributed by atoms with Gasteiger partial charge in [-0.3, -0.25) is 4.90 Å². The molecule has 0 radical (unpaired) electrons. The first-order valence-corrected chi connectivity index (χ1v) is 12.1. The lowest BCUT2D eigenvalue weighted by Crippen LogP contribution is -2.39. The molecule has 3 nitrogen and oxygen atoms in total. The van der Waals surface area contributed by atoms with E-state index >= 15 is 0 Å². The Bertz CT molecular complexity index is 844. The van der Waals surface area contributed by atoms with Gasteiger partial charge < -0.3 is 10.8 Å². The highest BCUT2D eigenvalue weighted by atomic mass is 16.3. The van der Waals surface area contributed by atoms with E-state index in [4.69, 9.17) is 5.73 Å². The molecule has 3 N–H and O–H groups in total. The van der Waals surface area contributed by atoms with Crippen LogP contribution in [0.5, 0.6) is 0 Å². The van der Waals surface area contributed by atoms with Gasteiger partial charge in [-0.1, -0.05) is 92.7 Å². The lowest BCUT2D eigenvalue weighted by Gasteiger charge is -2.33. The number of allylic oxidation sites excluding steroid dienone is 3. The van der Waals surface area contributed by atoms with Gasteiger partial charge in [0.15, 0.2) is 0 Å². The van der Waals surface area contributed by atoms with E-state index in [0.717, 1.165) is 37.9 Å². The van der Waals surface area contributed by atoms with E-state index in [1.807, 2.05) is 30.3 Å². The Balaban J connectivity index is 1.82. The average molecular weight is 433 g/mol.